The number of hydrogen-bond donors (Lipinski definition) is 0. The van der Waals surface area contributed by atoms with Crippen molar-refractivity contribution in [1.29, 1.82) is 0 Å². The van der Waals surface area contributed by atoms with Crippen LogP contribution in [0.3, 0.4) is 0 Å². The Labute approximate surface area is 187 Å². The molecule has 2 amide bonds. The molecule has 2 aromatic carbocycles. The highest BCUT2D eigenvalue weighted by molar-refractivity contribution is 8.18. The Balaban J connectivity index is 1.55. The molecule has 156 valence electrons. The van der Waals surface area contributed by atoms with Crippen molar-refractivity contribution in [1.82, 2.24) is 4.90 Å². The maximum atomic E-state index is 12.7. The molecule has 0 saturated carbocycles. The van der Waals surface area contributed by atoms with Crippen molar-refractivity contribution in [2.75, 3.05) is 7.11 Å². The first-order chi connectivity index (χ1) is 15.0. The summed E-state index contributed by atoms with van der Waals surface area (Å²) < 4.78 is 10.5. The first kappa shape index (κ1) is 21.0. The summed E-state index contributed by atoms with van der Waals surface area (Å²) in [5.74, 6) is -0.0200. The first-order valence-corrected chi connectivity index (χ1v) is 10.4. The minimum absolute atomic E-state index is 0.216. The number of furan rings is 1. The molecule has 0 bridgehead atoms. The highest BCUT2D eigenvalue weighted by Crippen LogP contribution is 2.34. The second-order valence-electron chi connectivity index (χ2n) is 6.64. The van der Waals surface area contributed by atoms with Crippen molar-refractivity contribution in [2.24, 2.45) is 0 Å². The van der Waals surface area contributed by atoms with Crippen LogP contribution in [0.15, 0.2) is 70.0 Å². The van der Waals surface area contributed by atoms with Gasteiger partial charge < -0.3 is 9.15 Å². The van der Waals surface area contributed by atoms with Crippen LogP contribution in [0.1, 0.15) is 21.7 Å². The van der Waals surface area contributed by atoms with E-state index in [0.717, 1.165) is 17.3 Å². The van der Waals surface area contributed by atoms with Gasteiger partial charge in [0.05, 0.1) is 29.1 Å². The molecule has 4 rings (SSSR count). The lowest BCUT2D eigenvalue weighted by atomic mass is 10.1. The summed E-state index contributed by atoms with van der Waals surface area (Å²) in [6.07, 6.45) is 1.54. The summed E-state index contributed by atoms with van der Waals surface area (Å²) in [6.45, 7) is 0.216. The van der Waals surface area contributed by atoms with Gasteiger partial charge in [0.15, 0.2) is 0 Å². The normalized spacial score (nSPS) is 15.0. The topological polar surface area (TPSA) is 76.8 Å². The van der Waals surface area contributed by atoms with E-state index in [4.69, 9.17) is 20.8 Å². The van der Waals surface area contributed by atoms with Crippen LogP contribution in [-0.4, -0.2) is 29.1 Å². The predicted molar refractivity (Wildman–Crippen MR) is 118 cm³/mol. The third-order valence-corrected chi connectivity index (χ3v) is 5.85. The van der Waals surface area contributed by atoms with Gasteiger partial charge >= 0.3 is 5.97 Å². The standard InChI is InChI=1S/C23H16ClNO5S/c1-29-22(27)17-11-15(7-9-18(17)24)19-10-8-16(30-19)12-20-21(26)25(23(28)31-20)13-14-5-3-2-4-6-14/h2-12H,13H2,1H3/b20-12-. The second-order valence-corrected chi connectivity index (χ2v) is 8.04. The van der Waals surface area contributed by atoms with Gasteiger partial charge in [-0.2, -0.15) is 0 Å². The number of imide groups is 1. The van der Waals surface area contributed by atoms with Crippen LogP contribution < -0.4 is 0 Å². The molecule has 6 nitrogen and oxygen atoms in total. The molecular formula is C23H16ClNO5S. The number of hydrogen-bond acceptors (Lipinski definition) is 6. The van der Waals surface area contributed by atoms with Gasteiger partial charge in [-0.1, -0.05) is 41.9 Å². The minimum Gasteiger partial charge on any atom is -0.465 e. The molecule has 1 aromatic heterocycles. The molecule has 0 N–H and O–H groups in total. The molecule has 31 heavy (non-hydrogen) atoms. The zero-order valence-electron chi connectivity index (χ0n) is 16.3. The Bertz CT molecular complexity index is 1200. The second kappa shape index (κ2) is 8.83. The van der Waals surface area contributed by atoms with E-state index >= 15 is 0 Å². The van der Waals surface area contributed by atoms with Gasteiger partial charge in [-0.3, -0.25) is 14.5 Å². The fraction of sp³-hybridized carbons (Fsp3) is 0.0870. The van der Waals surface area contributed by atoms with E-state index in [1.165, 1.54) is 18.1 Å². The van der Waals surface area contributed by atoms with Crippen LogP contribution in [0, 0.1) is 0 Å². The van der Waals surface area contributed by atoms with E-state index < -0.39 is 5.97 Å². The van der Waals surface area contributed by atoms with Crippen molar-refractivity contribution >= 4 is 46.6 Å². The number of benzene rings is 2. The van der Waals surface area contributed by atoms with Crippen molar-refractivity contribution in [2.45, 2.75) is 6.54 Å². The van der Waals surface area contributed by atoms with Crippen molar-refractivity contribution in [3.8, 4) is 11.3 Å². The van der Waals surface area contributed by atoms with E-state index in [2.05, 4.69) is 0 Å². The quantitative estimate of drug-likeness (QED) is 0.368. The molecule has 1 aliphatic heterocycles. The van der Waals surface area contributed by atoms with Gasteiger partial charge in [-0.05, 0) is 47.7 Å². The molecule has 2 heterocycles. The lowest BCUT2D eigenvalue weighted by Gasteiger charge is -2.11. The van der Waals surface area contributed by atoms with Gasteiger partial charge in [-0.25, -0.2) is 4.79 Å². The number of thioether (sulfide) groups is 1. The van der Waals surface area contributed by atoms with Crippen LogP contribution in [0.2, 0.25) is 5.02 Å². The Hall–Kier alpha value is -3.29. The highest BCUT2D eigenvalue weighted by Gasteiger charge is 2.35. The summed E-state index contributed by atoms with van der Waals surface area (Å²) in [5.41, 5.74) is 1.72. The molecule has 0 aliphatic carbocycles. The highest BCUT2D eigenvalue weighted by atomic mass is 35.5. The van der Waals surface area contributed by atoms with Gasteiger partial charge in [-0.15, -0.1) is 0 Å². The van der Waals surface area contributed by atoms with Gasteiger partial charge in [0.25, 0.3) is 11.1 Å². The molecule has 0 spiro atoms. The van der Waals surface area contributed by atoms with Crippen molar-refractivity contribution in [3.05, 3.63) is 87.5 Å². The maximum absolute atomic E-state index is 12.7. The van der Waals surface area contributed by atoms with Crippen LogP contribution in [-0.2, 0) is 16.1 Å². The average molecular weight is 454 g/mol. The first-order valence-electron chi connectivity index (χ1n) is 9.23. The number of nitrogens with zero attached hydrogens (tertiary/aromatic N) is 1. The monoisotopic (exact) mass is 453 g/mol. The van der Waals surface area contributed by atoms with Crippen molar-refractivity contribution < 1.29 is 23.5 Å². The number of rotatable bonds is 5. The lowest BCUT2D eigenvalue weighted by molar-refractivity contribution is -0.123. The van der Waals surface area contributed by atoms with E-state index in [9.17, 15) is 14.4 Å². The lowest BCUT2D eigenvalue weighted by Crippen LogP contribution is -2.27. The molecule has 3 aromatic rings. The Morgan fingerprint density at radius 1 is 1.13 bits per heavy atom. The number of ether oxygens (including phenoxy) is 1. The summed E-state index contributed by atoms with van der Waals surface area (Å²) in [6, 6.07) is 17.6. The molecule has 1 saturated heterocycles. The Kier molecular flexibility index (Phi) is 5.97. The minimum atomic E-state index is -0.550. The van der Waals surface area contributed by atoms with Gasteiger partial charge in [0.2, 0.25) is 0 Å². The van der Waals surface area contributed by atoms with Crippen LogP contribution in [0.25, 0.3) is 17.4 Å². The summed E-state index contributed by atoms with van der Waals surface area (Å²) >= 11 is 6.93. The number of methoxy groups -OCH3 is 1. The van der Waals surface area contributed by atoms with Gasteiger partial charge in [0.1, 0.15) is 11.5 Å². The predicted octanol–water partition coefficient (Wildman–Crippen LogP) is 5.62. The molecule has 8 heteroatoms. The number of amides is 2. The zero-order chi connectivity index (χ0) is 22.0. The van der Waals surface area contributed by atoms with Crippen LogP contribution >= 0.6 is 23.4 Å². The summed E-state index contributed by atoms with van der Waals surface area (Å²) in [4.78, 5) is 38.4. The molecule has 1 aliphatic rings. The fourth-order valence-corrected chi connectivity index (χ4v) is 4.08. The molecule has 1 fully saturated rings. The zero-order valence-corrected chi connectivity index (χ0v) is 17.9. The van der Waals surface area contributed by atoms with E-state index in [0.29, 0.717) is 17.1 Å². The SMILES string of the molecule is COC(=O)c1cc(-c2ccc(/C=C3\SC(=O)N(Cc4ccccc4)C3=O)o2)ccc1Cl. The third-order valence-electron chi connectivity index (χ3n) is 4.61. The number of halogens is 1. The van der Waals surface area contributed by atoms with Crippen LogP contribution in [0.5, 0.6) is 0 Å². The Morgan fingerprint density at radius 2 is 1.90 bits per heavy atom. The van der Waals surface area contributed by atoms with Crippen molar-refractivity contribution in [3.63, 3.8) is 0 Å². The Morgan fingerprint density at radius 3 is 2.65 bits per heavy atom. The maximum Gasteiger partial charge on any atom is 0.339 e. The molecule has 0 radical (unpaired) electrons. The smallest absolute Gasteiger partial charge is 0.339 e. The molecule has 0 atom stereocenters. The fourth-order valence-electron chi connectivity index (χ4n) is 3.06. The summed E-state index contributed by atoms with van der Waals surface area (Å²) in [5, 5.41) is -0.0539. The van der Waals surface area contributed by atoms with Crippen LogP contribution in [0.4, 0.5) is 4.79 Å². The molecular weight excluding hydrogens is 438 g/mol. The summed E-state index contributed by atoms with van der Waals surface area (Å²) in [7, 11) is 1.28. The van der Waals surface area contributed by atoms with E-state index in [-0.39, 0.29) is 33.2 Å². The number of carbonyl (C=O) groups excluding carboxylic acids is 3. The third kappa shape index (κ3) is 4.42. The number of carbonyl (C=O) groups is 3. The largest absolute Gasteiger partial charge is 0.465 e. The number of esters is 1. The van der Waals surface area contributed by atoms with Gasteiger partial charge in [0, 0.05) is 11.6 Å². The van der Waals surface area contributed by atoms with E-state index in [1.54, 1.807) is 30.3 Å². The van der Waals surface area contributed by atoms with E-state index in [1.807, 2.05) is 30.3 Å². The molecule has 0 unspecified atom stereocenters. The average Bonchev–Trinajstić information content (AvgIpc) is 3.35.